The summed E-state index contributed by atoms with van der Waals surface area (Å²) in [6.45, 7) is 0. The van der Waals surface area contributed by atoms with E-state index in [1.165, 1.54) is 18.4 Å². The summed E-state index contributed by atoms with van der Waals surface area (Å²) < 4.78 is 4.91. The van der Waals surface area contributed by atoms with Gasteiger partial charge in [-0.05, 0) is 0 Å². The van der Waals surface area contributed by atoms with Gasteiger partial charge in [0.15, 0.2) is 4.47 Å². The van der Waals surface area contributed by atoms with Crippen LogP contribution >= 0.6 is 22.9 Å². The van der Waals surface area contributed by atoms with Crippen LogP contribution in [0.1, 0.15) is 17.3 Å². The molecule has 1 aromatic rings. The summed E-state index contributed by atoms with van der Waals surface area (Å²) in [4.78, 5) is 15.5. The van der Waals surface area contributed by atoms with E-state index < -0.39 is 0 Å². The number of nitrogens with two attached hydrogens (primary N) is 1. The maximum atomic E-state index is 10.9. The van der Waals surface area contributed by atoms with Gasteiger partial charge in [-0.25, -0.2) is 4.98 Å². The summed E-state index contributed by atoms with van der Waals surface area (Å²) >= 11 is 6.88. The van der Waals surface area contributed by atoms with Crippen LogP contribution in [0.25, 0.3) is 0 Å². The van der Waals surface area contributed by atoms with Crippen molar-refractivity contribution in [1.29, 1.82) is 0 Å². The van der Waals surface area contributed by atoms with E-state index in [9.17, 15) is 4.79 Å². The van der Waals surface area contributed by atoms with Gasteiger partial charge in [0.05, 0.1) is 19.6 Å². The number of nitrogens with zero attached hydrogens (tertiary/aromatic N) is 1. The van der Waals surface area contributed by atoms with Gasteiger partial charge in [-0.15, -0.1) is 11.3 Å². The molecule has 0 amide bonds. The van der Waals surface area contributed by atoms with E-state index in [1.807, 2.05) is 0 Å². The highest BCUT2D eigenvalue weighted by molar-refractivity contribution is 7.15. The zero-order valence-corrected chi connectivity index (χ0v) is 8.56. The number of ether oxygens (including phenoxy) is 1. The molecule has 0 bridgehead atoms. The standard InChI is InChI=1S/C7H9ClN2O2S/c1-12-6(11)2-4(9)5-3-10-7(8)13-5/h3-4H,2,9H2,1H3/t4-/m0/s1. The third-order valence-electron chi connectivity index (χ3n) is 1.48. The van der Waals surface area contributed by atoms with Gasteiger partial charge in [0.2, 0.25) is 0 Å². The first-order chi connectivity index (χ1) is 6.13. The molecule has 0 aliphatic carbocycles. The summed E-state index contributed by atoms with van der Waals surface area (Å²) in [5.74, 6) is -0.336. The Hall–Kier alpha value is -0.650. The van der Waals surface area contributed by atoms with E-state index in [4.69, 9.17) is 17.3 Å². The molecule has 0 saturated heterocycles. The smallest absolute Gasteiger partial charge is 0.307 e. The van der Waals surface area contributed by atoms with E-state index in [1.54, 1.807) is 6.20 Å². The number of hydrogen-bond donors (Lipinski definition) is 1. The van der Waals surface area contributed by atoms with Crippen LogP contribution in [-0.4, -0.2) is 18.1 Å². The molecule has 1 heterocycles. The van der Waals surface area contributed by atoms with Crippen LogP contribution in [0.15, 0.2) is 6.20 Å². The Bertz CT molecular complexity index is 302. The quantitative estimate of drug-likeness (QED) is 0.782. The van der Waals surface area contributed by atoms with Gasteiger partial charge in [-0.3, -0.25) is 4.79 Å². The molecule has 6 heteroatoms. The molecule has 2 N–H and O–H groups in total. The minimum Gasteiger partial charge on any atom is -0.469 e. The number of esters is 1. The molecular weight excluding hydrogens is 212 g/mol. The van der Waals surface area contributed by atoms with Gasteiger partial charge in [-0.1, -0.05) is 11.6 Å². The van der Waals surface area contributed by atoms with Gasteiger partial charge >= 0.3 is 5.97 Å². The second-order valence-corrected chi connectivity index (χ2v) is 4.05. The average Bonchev–Trinajstić information content (AvgIpc) is 2.51. The normalized spacial score (nSPS) is 12.5. The molecule has 4 nitrogen and oxygen atoms in total. The largest absolute Gasteiger partial charge is 0.469 e. The Morgan fingerprint density at radius 2 is 2.62 bits per heavy atom. The van der Waals surface area contributed by atoms with Crippen LogP contribution in [0.4, 0.5) is 0 Å². The lowest BCUT2D eigenvalue weighted by molar-refractivity contribution is -0.141. The number of methoxy groups -OCH3 is 1. The van der Waals surface area contributed by atoms with Crippen LogP contribution in [0.5, 0.6) is 0 Å². The van der Waals surface area contributed by atoms with Crippen molar-refractivity contribution in [3.63, 3.8) is 0 Å². The van der Waals surface area contributed by atoms with Crippen molar-refractivity contribution in [2.24, 2.45) is 5.73 Å². The number of carbonyl (C=O) groups is 1. The minimum absolute atomic E-state index is 0.148. The van der Waals surface area contributed by atoms with E-state index in [-0.39, 0.29) is 18.4 Å². The lowest BCUT2D eigenvalue weighted by Gasteiger charge is -2.05. The van der Waals surface area contributed by atoms with Gasteiger partial charge in [-0.2, -0.15) is 0 Å². The maximum Gasteiger partial charge on any atom is 0.307 e. The molecule has 0 saturated carbocycles. The maximum absolute atomic E-state index is 10.9. The summed E-state index contributed by atoms with van der Waals surface area (Å²) in [6.07, 6.45) is 1.72. The highest BCUT2D eigenvalue weighted by atomic mass is 35.5. The molecule has 0 fully saturated rings. The molecule has 72 valence electrons. The first kappa shape index (κ1) is 10.4. The molecule has 13 heavy (non-hydrogen) atoms. The van der Waals surface area contributed by atoms with Crippen molar-refractivity contribution < 1.29 is 9.53 Å². The van der Waals surface area contributed by atoms with Crippen LogP contribution in [0.2, 0.25) is 4.47 Å². The minimum atomic E-state index is -0.377. The highest BCUT2D eigenvalue weighted by Gasteiger charge is 2.14. The number of carbonyl (C=O) groups excluding carboxylic acids is 1. The Morgan fingerprint density at radius 3 is 3.08 bits per heavy atom. The van der Waals surface area contributed by atoms with E-state index in [0.29, 0.717) is 4.47 Å². The monoisotopic (exact) mass is 220 g/mol. The Morgan fingerprint density at radius 1 is 1.92 bits per heavy atom. The molecular formula is C7H9ClN2O2S. The summed E-state index contributed by atoms with van der Waals surface area (Å²) in [5.41, 5.74) is 5.70. The Labute approximate surface area is 84.7 Å². The number of halogens is 1. The molecule has 0 unspecified atom stereocenters. The van der Waals surface area contributed by atoms with E-state index in [0.717, 1.165) is 4.88 Å². The molecule has 0 spiro atoms. The first-order valence-electron chi connectivity index (χ1n) is 3.57. The van der Waals surface area contributed by atoms with Crippen LogP contribution < -0.4 is 5.73 Å². The number of thiazole rings is 1. The lowest BCUT2D eigenvalue weighted by atomic mass is 10.2. The van der Waals surface area contributed by atoms with Gasteiger partial charge in [0.25, 0.3) is 0 Å². The van der Waals surface area contributed by atoms with Crippen LogP contribution in [-0.2, 0) is 9.53 Å². The topological polar surface area (TPSA) is 65.2 Å². The summed E-state index contributed by atoms with van der Waals surface area (Å²) in [7, 11) is 1.33. The van der Waals surface area contributed by atoms with Gasteiger partial charge < -0.3 is 10.5 Å². The van der Waals surface area contributed by atoms with Gasteiger partial charge in [0.1, 0.15) is 0 Å². The first-order valence-corrected chi connectivity index (χ1v) is 4.76. The molecule has 0 radical (unpaired) electrons. The number of rotatable bonds is 3. The molecule has 0 aliphatic rings. The van der Waals surface area contributed by atoms with Crippen molar-refractivity contribution >= 4 is 28.9 Å². The van der Waals surface area contributed by atoms with E-state index in [2.05, 4.69) is 9.72 Å². The number of aromatic nitrogens is 1. The van der Waals surface area contributed by atoms with Gasteiger partial charge in [0, 0.05) is 11.1 Å². The zero-order valence-electron chi connectivity index (χ0n) is 6.99. The fourth-order valence-corrected chi connectivity index (χ4v) is 1.76. The second kappa shape index (κ2) is 4.55. The van der Waals surface area contributed by atoms with Crippen molar-refractivity contribution in [3.8, 4) is 0 Å². The third-order valence-corrected chi connectivity index (χ3v) is 2.72. The van der Waals surface area contributed by atoms with Crippen molar-refractivity contribution in [3.05, 3.63) is 15.5 Å². The molecule has 1 rings (SSSR count). The third kappa shape index (κ3) is 2.95. The lowest BCUT2D eigenvalue weighted by Crippen LogP contribution is -2.15. The fourth-order valence-electron chi connectivity index (χ4n) is 0.799. The summed E-state index contributed by atoms with van der Waals surface area (Å²) in [6, 6.07) is -0.377. The SMILES string of the molecule is COC(=O)C[C@H](N)c1cnc(Cl)s1. The second-order valence-electron chi connectivity index (χ2n) is 2.40. The fraction of sp³-hybridized carbons (Fsp3) is 0.429. The predicted molar refractivity (Wildman–Crippen MR) is 50.7 cm³/mol. The highest BCUT2D eigenvalue weighted by Crippen LogP contribution is 2.24. The molecule has 0 aliphatic heterocycles. The molecule has 0 aromatic carbocycles. The zero-order chi connectivity index (χ0) is 9.84. The van der Waals surface area contributed by atoms with Crippen molar-refractivity contribution in [2.45, 2.75) is 12.5 Å². The van der Waals surface area contributed by atoms with E-state index >= 15 is 0 Å². The summed E-state index contributed by atoms with van der Waals surface area (Å²) in [5, 5.41) is 0. The Balaban J connectivity index is 2.58. The van der Waals surface area contributed by atoms with Crippen LogP contribution in [0, 0.1) is 0 Å². The molecule has 1 atom stereocenters. The predicted octanol–water partition coefficient (Wildman–Crippen LogP) is 1.36. The molecule has 1 aromatic heterocycles. The van der Waals surface area contributed by atoms with Crippen LogP contribution in [0.3, 0.4) is 0 Å². The average molecular weight is 221 g/mol. The van der Waals surface area contributed by atoms with Crippen molar-refractivity contribution in [2.75, 3.05) is 7.11 Å². The Kier molecular flexibility index (Phi) is 3.65. The number of hydrogen-bond acceptors (Lipinski definition) is 5. The van der Waals surface area contributed by atoms with Crippen molar-refractivity contribution in [1.82, 2.24) is 4.98 Å².